The van der Waals surface area contributed by atoms with E-state index in [1.54, 1.807) is 35.1 Å². The van der Waals surface area contributed by atoms with Gasteiger partial charge in [0.05, 0.1) is 11.9 Å². The Morgan fingerprint density at radius 2 is 1.80 bits per heavy atom. The molecule has 2 N–H and O–H groups in total. The first-order valence-corrected chi connectivity index (χ1v) is 4.66. The van der Waals surface area contributed by atoms with Crippen molar-refractivity contribution in [2.45, 2.75) is 5.51 Å². The van der Waals surface area contributed by atoms with Crippen LogP contribution in [0.2, 0.25) is 0 Å². The normalized spacial score (nSPS) is 10.9. The van der Waals surface area contributed by atoms with Crippen molar-refractivity contribution in [3.8, 4) is 0 Å². The molecule has 0 saturated heterocycles. The molecule has 0 aliphatic heterocycles. The minimum Gasteiger partial charge on any atom is -0.307 e. The second-order valence-electron chi connectivity index (χ2n) is 2.47. The van der Waals surface area contributed by atoms with Crippen molar-refractivity contribution in [2.24, 2.45) is 0 Å². The van der Waals surface area contributed by atoms with Crippen LogP contribution in [0.1, 0.15) is 0 Å². The lowest BCUT2D eigenvalue weighted by Gasteiger charge is -2.08. The van der Waals surface area contributed by atoms with Crippen molar-refractivity contribution in [2.75, 3.05) is 5.32 Å². The third-order valence-electron chi connectivity index (χ3n) is 1.29. The Morgan fingerprint density at radius 3 is 2.33 bits per heavy atom. The summed E-state index contributed by atoms with van der Waals surface area (Å²) >= 11 is -0.601. The molecule has 1 aromatic rings. The molecule has 0 aliphatic rings. The summed E-state index contributed by atoms with van der Waals surface area (Å²) in [4.78, 5) is 10.9. The Balaban J connectivity index is 2.38. The second-order valence-corrected chi connectivity index (χ2v) is 3.34. The summed E-state index contributed by atoms with van der Waals surface area (Å²) in [6.45, 7) is 0. The van der Waals surface area contributed by atoms with Gasteiger partial charge in [0.2, 0.25) is 0 Å². The predicted molar refractivity (Wildman–Crippen MR) is 52.2 cm³/mol. The van der Waals surface area contributed by atoms with Crippen molar-refractivity contribution in [1.29, 1.82) is 0 Å². The summed E-state index contributed by atoms with van der Waals surface area (Å²) in [7, 11) is 0. The largest absolute Gasteiger partial charge is 0.461 e. The van der Waals surface area contributed by atoms with E-state index in [0.29, 0.717) is 5.69 Å². The van der Waals surface area contributed by atoms with Crippen LogP contribution in [0, 0.1) is 0 Å². The van der Waals surface area contributed by atoms with E-state index in [1.165, 1.54) is 0 Å². The van der Waals surface area contributed by atoms with Crippen LogP contribution in [0.4, 0.5) is 23.7 Å². The Kier molecular flexibility index (Phi) is 3.84. The molecule has 0 bridgehead atoms. The number of benzene rings is 1. The van der Waals surface area contributed by atoms with Crippen LogP contribution in [0.15, 0.2) is 30.3 Å². The first-order valence-electron chi connectivity index (χ1n) is 3.84. The van der Waals surface area contributed by atoms with Crippen LogP contribution in [0.25, 0.3) is 0 Å². The quantitative estimate of drug-likeness (QED) is 0.775. The van der Waals surface area contributed by atoms with Gasteiger partial charge in [0.1, 0.15) is 0 Å². The molecule has 7 heteroatoms. The molecule has 0 spiro atoms. The van der Waals surface area contributed by atoms with Gasteiger partial charge in [-0.25, -0.2) is 4.79 Å². The molecule has 0 saturated carbocycles. The lowest BCUT2D eigenvalue weighted by atomic mass is 10.3. The Bertz CT molecular complexity index is 328. The van der Waals surface area contributed by atoms with Crippen LogP contribution in [0.3, 0.4) is 0 Å². The van der Waals surface area contributed by atoms with Crippen molar-refractivity contribution < 1.29 is 18.0 Å². The van der Waals surface area contributed by atoms with Gasteiger partial charge in [0, 0.05) is 5.69 Å². The van der Waals surface area contributed by atoms with Crippen LogP contribution < -0.4 is 10.0 Å². The first-order chi connectivity index (χ1) is 6.97. The number of amides is 2. The van der Waals surface area contributed by atoms with Crippen LogP contribution >= 0.6 is 11.9 Å². The van der Waals surface area contributed by atoms with E-state index in [9.17, 15) is 18.0 Å². The summed E-state index contributed by atoms with van der Waals surface area (Å²) in [5.74, 6) is 0. The molecule has 82 valence electrons. The third kappa shape index (κ3) is 5.16. The van der Waals surface area contributed by atoms with E-state index < -0.39 is 23.5 Å². The summed E-state index contributed by atoms with van der Waals surface area (Å²) < 4.78 is 36.6. The number of halogens is 3. The highest BCUT2D eigenvalue weighted by Crippen LogP contribution is 2.27. The van der Waals surface area contributed by atoms with E-state index >= 15 is 0 Å². The number of rotatable bonds is 2. The SMILES string of the molecule is O=C(NSC(F)(F)F)Nc1ccccc1. The molecule has 3 nitrogen and oxygen atoms in total. The maximum absolute atomic E-state index is 11.7. The minimum atomic E-state index is -4.48. The Hall–Kier alpha value is -1.37. The number of hydrogen-bond acceptors (Lipinski definition) is 2. The summed E-state index contributed by atoms with van der Waals surface area (Å²) in [6.07, 6.45) is 0. The van der Waals surface area contributed by atoms with Crippen LogP contribution in [-0.2, 0) is 0 Å². The highest BCUT2D eigenvalue weighted by atomic mass is 32.2. The Labute approximate surface area is 88.2 Å². The molecular formula is C8H7F3N2OS. The van der Waals surface area contributed by atoms with Crippen LogP contribution in [-0.4, -0.2) is 11.5 Å². The third-order valence-corrected chi connectivity index (χ3v) is 1.81. The fourth-order valence-corrected chi connectivity index (χ4v) is 1.04. The summed E-state index contributed by atoms with van der Waals surface area (Å²) in [5.41, 5.74) is -4.05. The maximum Gasteiger partial charge on any atom is 0.461 e. The number of alkyl halides is 3. The number of nitrogens with one attached hydrogen (secondary N) is 2. The molecule has 0 heterocycles. The highest BCUT2D eigenvalue weighted by molar-refractivity contribution is 7.98. The lowest BCUT2D eigenvalue weighted by molar-refractivity contribution is -0.0333. The van der Waals surface area contributed by atoms with Crippen molar-refractivity contribution >= 4 is 23.7 Å². The van der Waals surface area contributed by atoms with Gasteiger partial charge in [-0.15, -0.1) is 0 Å². The van der Waals surface area contributed by atoms with Gasteiger partial charge in [-0.05, 0) is 12.1 Å². The van der Waals surface area contributed by atoms with E-state index in [1.807, 2.05) is 0 Å². The average Bonchev–Trinajstić information content (AvgIpc) is 2.15. The molecule has 0 aliphatic carbocycles. The lowest BCUT2D eigenvalue weighted by Crippen LogP contribution is -2.26. The van der Waals surface area contributed by atoms with Gasteiger partial charge in [-0.3, -0.25) is 4.72 Å². The molecule has 2 amide bonds. The van der Waals surface area contributed by atoms with Crippen molar-refractivity contribution in [3.63, 3.8) is 0 Å². The monoisotopic (exact) mass is 236 g/mol. The van der Waals surface area contributed by atoms with Crippen molar-refractivity contribution in [3.05, 3.63) is 30.3 Å². The second kappa shape index (κ2) is 4.92. The van der Waals surface area contributed by atoms with E-state index in [4.69, 9.17) is 0 Å². The van der Waals surface area contributed by atoms with Gasteiger partial charge in [-0.2, -0.15) is 13.2 Å². The molecule has 0 radical (unpaired) electrons. The van der Waals surface area contributed by atoms with Gasteiger partial charge in [0.15, 0.2) is 0 Å². The van der Waals surface area contributed by atoms with E-state index in [-0.39, 0.29) is 0 Å². The maximum atomic E-state index is 11.7. The molecule has 0 aromatic heterocycles. The molecular weight excluding hydrogens is 229 g/mol. The van der Waals surface area contributed by atoms with Gasteiger partial charge in [0.25, 0.3) is 0 Å². The zero-order valence-electron chi connectivity index (χ0n) is 7.34. The first kappa shape index (κ1) is 11.7. The molecule has 15 heavy (non-hydrogen) atoms. The number of anilines is 1. The number of carbonyl (C=O) groups is 1. The smallest absolute Gasteiger partial charge is 0.307 e. The predicted octanol–water partition coefficient (Wildman–Crippen LogP) is 2.98. The number of carbonyl (C=O) groups excluding carboxylic acids is 1. The molecule has 0 unspecified atom stereocenters. The molecule has 1 rings (SSSR count). The highest BCUT2D eigenvalue weighted by Gasteiger charge is 2.29. The molecule has 1 aromatic carbocycles. The summed E-state index contributed by atoms with van der Waals surface area (Å²) in [5, 5.41) is 2.24. The molecule has 0 fully saturated rings. The van der Waals surface area contributed by atoms with Gasteiger partial charge in [-0.1, -0.05) is 18.2 Å². The topological polar surface area (TPSA) is 41.1 Å². The van der Waals surface area contributed by atoms with Crippen molar-refractivity contribution in [1.82, 2.24) is 4.72 Å². The van der Waals surface area contributed by atoms with Gasteiger partial charge < -0.3 is 5.32 Å². The number of para-hydroxylation sites is 1. The fourth-order valence-electron chi connectivity index (χ4n) is 0.782. The van der Waals surface area contributed by atoms with E-state index in [0.717, 1.165) is 0 Å². The average molecular weight is 236 g/mol. The zero-order valence-corrected chi connectivity index (χ0v) is 8.15. The number of hydrogen-bond donors (Lipinski definition) is 2. The minimum absolute atomic E-state index is 0.428. The zero-order chi connectivity index (χ0) is 11.3. The standard InChI is InChI=1S/C8H7F3N2OS/c9-8(10,11)15-13-7(14)12-6-4-2-1-3-5-6/h1-5H,(H2,12,13,14). The fraction of sp³-hybridized carbons (Fsp3) is 0.125. The molecule has 0 atom stereocenters. The summed E-state index contributed by atoms with van der Waals surface area (Å²) in [6, 6.07) is 7.27. The van der Waals surface area contributed by atoms with E-state index in [2.05, 4.69) is 5.32 Å². The number of urea groups is 1. The van der Waals surface area contributed by atoms with Crippen LogP contribution in [0.5, 0.6) is 0 Å². The van der Waals surface area contributed by atoms with Gasteiger partial charge >= 0.3 is 11.5 Å². The Morgan fingerprint density at radius 1 is 1.20 bits per heavy atom.